The molecule has 2 aliphatic rings. The Morgan fingerprint density at radius 1 is 1.23 bits per heavy atom. The van der Waals surface area contributed by atoms with E-state index in [4.69, 9.17) is 0 Å². The summed E-state index contributed by atoms with van der Waals surface area (Å²) in [6, 6.07) is 5.42. The third-order valence-corrected chi connectivity index (χ3v) is 4.20. The molecule has 7 heteroatoms. The lowest BCUT2D eigenvalue weighted by Crippen LogP contribution is -2.12. The van der Waals surface area contributed by atoms with Gasteiger partial charge in [-0.05, 0) is 12.5 Å². The van der Waals surface area contributed by atoms with Gasteiger partial charge in [0.25, 0.3) is 0 Å². The summed E-state index contributed by atoms with van der Waals surface area (Å²) in [5, 5.41) is 4.02. The molecule has 4 rings (SSSR count). The predicted molar refractivity (Wildman–Crippen MR) is 70.4 cm³/mol. The Morgan fingerprint density at radius 3 is 2.64 bits per heavy atom. The molecule has 114 valence electrons. The van der Waals surface area contributed by atoms with Crippen molar-refractivity contribution in [2.75, 3.05) is 0 Å². The first-order valence-electron chi connectivity index (χ1n) is 7.09. The van der Waals surface area contributed by atoms with Crippen molar-refractivity contribution in [2.45, 2.75) is 31.2 Å². The lowest BCUT2D eigenvalue weighted by atomic mass is 10.0. The van der Waals surface area contributed by atoms with Crippen LogP contribution in [0, 0.1) is 11.7 Å². The number of carbonyl (C=O) groups excluding carboxylic acids is 1. The maximum Gasteiger partial charge on any atom is 0.218 e. The number of hydrogen-bond donors (Lipinski definition) is 0. The summed E-state index contributed by atoms with van der Waals surface area (Å²) in [5.41, 5.74) is 0.308. The van der Waals surface area contributed by atoms with Crippen LogP contribution in [0.5, 0.6) is 0 Å². The van der Waals surface area contributed by atoms with Gasteiger partial charge in [-0.3, -0.25) is 4.79 Å². The Morgan fingerprint density at radius 2 is 1.95 bits per heavy atom. The predicted octanol–water partition coefficient (Wildman–Crippen LogP) is 2.96. The second-order valence-electron chi connectivity index (χ2n) is 5.70. The van der Waals surface area contributed by atoms with Gasteiger partial charge in [0.05, 0.1) is 12.0 Å². The average molecular weight is 307 g/mol. The maximum atomic E-state index is 14.1. The Kier molecular flexibility index (Phi) is 2.85. The SMILES string of the molecule is O=C(c1nc2n(n1)[C@H](c1ccccc1F)C[C@@H]2F)[C@@H]1C[C@H]1F. The lowest BCUT2D eigenvalue weighted by Gasteiger charge is -2.12. The summed E-state index contributed by atoms with van der Waals surface area (Å²) >= 11 is 0. The van der Waals surface area contributed by atoms with Crippen LogP contribution >= 0.6 is 0 Å². The molecular formula is C15H12F3N3O. The smallest absolute Gasteiger partial charge is 0.218 e. The number of aromatic nitrogens is 3. The van der Waals surface area contributed by atoms with Gasteiger partial charge in [-0.2, -0.15) is 0 Å². The van der Waals surface area contributed by atoms with Gasteiger partial charge in [-0.25, -0.2) is 22.8 Å². The van der Waals surface area contributed by atoms with Crippen molar-refractivity contribution >= 4 is 5.78 Å². The highest BCUT2D eigenvalue weighted by Crippen LogP contribution is 2.41. The molecule has 1 fully saturated rings. The van der Waals surface area contributed by atoms with E-state index < -0.39 is 35.9 Å². The zero-order chi connectivity index (χ0) is 15.4. The summed E-state index contributed by atoms with van der Waals surface area (Å²) in [5.74, 6) is -1.85. The molecular weight excluding hydrogens is 295 g/mol. The molecule has 1 aliphatic carbocycles. The normalized spacial score (nSPS) is 29.4. The first-order valence-corrected chi connectivity index (χ1v) is 7.09. The fourth-order valence-corrected chi connectivity index (χ4v) is 2.89. The van der Waals surface area contributed by atoms with Crippen molar-refractivity contribution in [3.8, 4) is 0 Å². The lowest BCUT2D eigenvalue weighted by molar-refractivity contribution is 0.0946. The van der Waals surface area contributed by atoms with E-state index in [1.54, 1.807) is 18.2 Å². The molecule has 0 unspecified atom stereocenters. The molecule has 0 amide bonds. The second kappa shape index (κ2) is 4.66. The van der Waals surface area contributed by atoms with E-state index in [-0.39, 0.29) is 24.5 Å². The molecule has 4 nitrogen and oxygen atoms in total. The molecule has 1 aromatic heterocycles. The molecule has 4 atom stereocenters. The van der Waals surface area contributed by atoms with Crippen molar-refractivity contribution in [1.82, 2.24) is 14.8 Å². The molecule has 2 heterocycles. The van der Waals surface area contributed by atoms with Crippen molar-refractivity contribution in [3.63, 3.8) is 0 Å². The van der Waals surface area contributed by atoms with Crippen molar-refractivity contribution < 1.29 is 18.0 Å². The minimum Gasteiger partial charge on any atom is -0.290 e. The van der Waals surface area contributed by atoms with Crippen LogP contribution in [0.15, 0.2) is 24.3 Å². The van der Waals surface area contributed by atoms with E-state index in [1.165, 1.54) is 10.7 Å². The largest absolute Gasteiger partial charge is 0.290 e. The standard InChI is InChI=1S/C15H12F3N3O/c16-9-4-2-1-3-7(9)12-6-11(18)15-19-14(20-21(12)15)13(22)8-5-10(8)17/h1-4,8,10-12H,5-6H2/t8-,10-,11+,12+/m1/s1. The van der Waals surface area contributed by atoms with Gasteiger partial charge < -0.3 is 0 Å². The topological polar surface area (TPSA) is 47.8 Å². The van der Waals surface area contributed by atoms with Crippen LogP contribution in [0.3, 0.4) is 0 Å². The van der Waals surface area contributed by atoms with Gasteiger partial charge in [0.1, 0.15) is 12.0 Å². The van der Waals surface area contributed by atoms with E-state index in [0.29, 0.717) is 5.56 Å². The van der Waals surface area contributed by atoms with Crippen LogP contribution in [-0.4, -0.2) is 26.7 Å². The van der Waals surface area contributed by atoms with Crippen LogP contribution in [0.4, 0.5) is 13.2 Å². The number of ketones is 1. The van der Waals surface area contributed by atoms with Gasteiger partial charge in [0.2, 0.25) is 11.6 Å². The quantitative estimate of drug-likeness (QED) is 0.819. The molecule has 0 bridgehead atoms. The molecule has 22 heavy (non-hydrogen) atoms. The highest BCUT2D eigenvalue weighted by molar-refractivity contribution is 5.96. The number of Topliss-reactive ketones (excluding diaryl/α,β-unsaturated/α-hetero) is 1. The maximum absolute atomic E-state index is 14.1. The summed E-state index contributed by atoms with van der Waals surface area (Å²) in [6.07, 6.45) is -2.38. The van der Waals surface area contributed by atoms with E-state index in [9.17, 15) is 18.0 Å². The van der Waals surface area contributed by atoms with Crippen LogP contribution in [0.1, 0.15) is 47.1 Å². The highest BCUT2D eigenvalue weighted by atomic mass is 19.1. The first-order chi connectivity index (χ1) is 10.6. The second-order valence-corrected chi connectivity index (χ2v) is 5.70. The van der Waals surface area contributed by atoms with Gasteiger partial charge in [0.15, 0.2) is 12.0 Å². The van der Waals surface area contributed by atoms with E-state index in [0.717, 1.165) is 0 Å². The van der Waals surface area contributed by atoms with Gasteiger partial charge in [-0.15, -0.1) is 5.10 Å². The molecule has 1 saturated carbocycles. The first kappa shape index (κ1) is 13.5. The minimum atomic E-state index is -1.42. The van der Waals surface area contributed by atoms with Crippen LogP contribution in [0.2, 0.25) is 0 Å². The summed E-state index contributed by atoms with van der Waals surface area (Å²) < 4.78 is 42.3. The Bertz CT molecular complexity index is 760. The number of carbonyl (C=O) groups is 1. The van der Waals surface area contributed by atoms with Crippen LogP contribution < -0.4 is 0 Å². The summed E-state index contributed by atoms with van der Waals surface area (Å²) in [7, 11) is 0. The molecule has 1 aliphatic heterocycles. The van der Waals surface area contributed by atoms with Gasteiger partial charge >= 0.3 is 0 Å². The Labute approximate surface area is 124 Å². The van der Waals surface area contributed by atoms with E-state index >= 15 is 0 Å². The fourth-order valence-electron chi connectivity index (χ4n) is 2.89. The summed E-state index contributed by atoms with van der Waals surface area (Å²) in [4.78, 5) is 15.9. The number of alkyl halides is 2. The van der Waals surface area contributed by atoms with Gasteiger partial charge in [0, 0.05) is 12.0 Å². The average Bonchev–Trinajstić information content (AvgIpc) is 2.95. The number of fused-ring (bicyclic) bond motifs is 1. The monoisotopic (exact) mass is 307 g/mol. The van der Waals surface area contributed by atoms with Crippen molar-refractivity contribution in [1.29, 1.82) is 0 Å². The molecule has 1 aromatic carbocycles. The third-order valence-electron chi connectivity index (χ3n) is 4.20. The van der Waals surface area contributed by atoms with Crippen molar-refractivity contribution in [3.05, 3.63) is 47.3 Å². The highest BCUT2D eigenvalue weighted by Gasteiger charge is 2.46. The molecule has 0 spiro atoms. The Balaban J connectivity index is 1.72. The third kappa shape index (κ3) is 1.95. The van der Waals surface area contributed by atoms with Crippen LogP contribution in [0.25, 0.3) is 0 Å². The van der Waals surface area contributed by atoms with Gasteiger partial charge in [-0.1, -0.05) is 18.2 Å². The number of halogens is 3. The molecule has 0 radical (unpaired) electrons. The number of benzene rings is 1. The number of hydrogen-bond acceptors (Lipinski definition) is 3. The number of rotatable bonds is 3. The minimum absolute atomic E-state index is 0.00709. The zero-order valence-corrected chi connectivity index (χ0v) is 11.4. The van der Waals surface area contributed by atoms with E-state index in [1.807, 2.05) is 0 Å². The molecule has 0 saturated heterocycles. The zero-order valence-electron chi connectivity index (χ0n) is 11.4. The van der Waals surface area contributed by atoms with Crippen LogP contribution in [-0.2, 0) is 0 Å². The molecule has 2 aromatic rings. The van der Waals surface area contributed by atoms with Crippen molar-refractivity contribution in [2.24, 2.45) is 5.92 Å². The summed E-state index contributed by atoms with van der Waals surface area (Å²) in [6.45, 7) is 0. The fraction of sp³-hybridized carbons (Fsp3) is 0.400. The Hall–Kier alpha value is -2.18. The molecule has 0 N–H and O–H groups in total. The number of nitrogens with zero attached hydrogens (tertiary/aromatic N) is 3. The van der Waals surface area contributed by atoms with E-state index in [2.05, 4.69) is 10.1 Å².